The van der Waals surface area contributed by atoms with E-state index < -0.39 is 16.0 Å². The van der Waals surface area contributed by atoms with Gasteiger partial charge in [-0.1, -0.05) is 13.0 Å². The Morgan fingerprint density at radius 1 is 1.24 bits per heavy atom. The van der Waals surface area contributed by atoms with Gasteiger partial charge >= 0.3 is 5.97 Å². The van der Waals surface area contributed by atoms with Gasteiger partial charge in [0.2, 0.25) is 10.0 Å². The molecule has 0 saturated heterocycles. The van der Waals surface area contributed by atoms with E-state index in [9.17, 15) is 13.2 Å². The zero-order valence-electron chi connectivity index (χ0n) is 13.2. The summed E-state index contributed by atoms with van der Waals surface area (Å²) in [5.74, 6) is -0.963. The summed E-state index contributed by atoms with van der Waals surface area (Å²) in [4.78, 5) is 11.2. The van der Waals surface area contributed by atoms with Crippen molar-refractivity contribution in [2.45, 2.75) is 45.4 Å². The topological polar surface area (TPSA) is 74.7 Å². The molecule has 0 heterocycles. The Kier molecular flexibility index (Phi) is 5.53. The minimum Gasteiger partial charge on any atom is -0.481 e. The molecule has 1 aromatic rings. The number of carboxylic acids is 1. The normalized spacial score (nSPS) is 11.9. The molecule has 0 spiro atoms. The summed E-state index contributed by atoms with van der Waals surface area (Å²) in [6.45, 7) is 7.59. The molecule has 5 nitrogen and oxygen atoms in total. The number of carbonyl (C=O) groups is 1. The van der Waals surface area contributed by atoms with Gasteiger partial charge in [-0.15, -0.1) is 0 Å². The van der Waals surface area contributed by atoms with E-state index >= 15 is 0 Å². The molecule has 0 amide bonds. The van der Waals surface area contributed by atoms with Crippen molar-refractivity contribution < 1.29 is 18.3 Å². The van der Waals surface area contributed by atoms with Crippen LogP contribution in [-0.4, -0.2) is 37.4 Å². The third-order valence-electron chi connectivity index (χ3n) is 3.60. The first-order valence-electron chi connectivity index (χ1n) is 6.90. The van der Waals surface area contributed by atoms with Crippen molar-refractivity contribution >= 4 is 16.0 Å². The SMILES string of the molecule is CCCN(C)S(=O)(=O)c1c(C)cc(C)c(CC(=O)O)c1C. The number of aryl methyl sites for hydroxylation is 2. The van der Waals surface area contributed by atoms with Gasteiger partial charge < -0.3 is 5.11 Å². The van der Waals surface area contributed by atoms with E-state index in [-0.39, 0.29) is 11.3 Å². The first kappa shape index (κ1) is 17.7. The number of hydrogen-bond acceptors (Lipinski definition) is 3. The lowest BCUT2D eigenvalue weighted by molar-refractivity contribution is -0.136. The van der Waals surface area contributed by atoms with E-state index in [4.69, 9.17) is 5.11 Å². The Hall–Kier alpha value is -1.40. The smallest absolute Gasteiger partial charge is 0.307 e. The molecule has 1 rings (SSSR count). The average molecular weight is 313 g/mol. The molecular weight excluding hydrogens is 290 g/mol. The van der Waals surface area contributed by atoms with Crippen molar-refractivity contribution in [3.8, 4) is 0 Å². The lowest BCUT2D eigenvalue weighted by Gasteiger charge is -2.22. The standard InChI is InChI=1S/C15H23NO4S/c1-6-7-16(5)21(19,20)15-11(3)8-10(2)13(12(15)4)9-14(17)18/h8H,6-7,9H2,1-5H3,(H,17,18). The minimum atomic E-state index is -3.60. The molecule has 1 N–H and O–H groups in total. The summed E-state index contributed by atoms with van der Waals surface area (Å²) in [7, 11) is -2.05. The summed E-state index contributed by atoms with van der Waals surface area (Å²) in [5, 5.41) is 9.01. The molecule has 21 heavy (non-hydrogen) atoms. The molecular formula is C15H23NO4S. The Morgan fingerprint density at radius 2 is 1.81 bits per heavy atom. The van der Waals surface area contributed by atoms with Crippen LogP contribution < -0.4 is 0 Å². The van der Waals surface area contributed by atoms with Crippen LogP contribution in [0.25, 0.3) is 0 Å². The maximum atomic E-state index is 12.7. The monoisotopic (exact) mass is 313 g/mol. The fraction of sp³-hybridized carbons (Fsp3) is 0.533. The quantitative estimate of drug-likeness (QED) is 0.874. The lowest BCUT2D eigenvalue weighted by atomic mass is 9.97. The molecule has 0 radical (unpaired) electrons. The van der Waals surface area contributed by atoms with Gasteiger partial charge in [0.1, 0.15) is 0 Å². The molecule has 118 valence electrons. The molecule has 0 aromatic heterocycles. The van der Waals surface area contributed by atoms with Crippen molar-refractivity contribution in [2.75, 3.05) is 13.6 Å². The highest BCUT2D eigenvalue weighted by Gasteiger charge is 2.26. The number of rotatable bonds is 6. The number of aliphatic carboxylic acids is 1. The third kappa shape index (κ3) is 3.63. The van der Waals surface area contributed by atoms with Crippen LogP contribution in [0.15, 0.2) is 11.0 Å². The number of sulfonamides is 1. The van der Waals surface area contributed by atoms with Crippen LogP contribution >= 0.6 is 0 Å². The predicted octanol–water partition coefficient (Wildman–Crippen LogP) is 2.27. The van der Waals surface area contributed by atoms with Crippen molar-refractivity contribution in [1.29, 1.82) is 0 Å². The maximum absolute atomic E-state index is 12.7. The van der Waals surface area contributed by atoms with E-state index in [2.05, 4.69) is 0 Å². The van der Waals surface area contributed by atoms with Crippen molar-refractivity contribution in [3.05, 3.63) is 28.3 Å². The fourth-order valence-electron chi connectivity index (χ4n) is 2.62. The average Bonchev–Trinajstić information content (AvgIpc) is 2.33. The van der Waals surface area contributed by atoms with Gasteiger partial charge in [-0.3, -0.25) is 4.79 Å². The highest BCUT2D eigenvalue weighted by molar-refractivity contribution is 7.89. The summed E-state index contributed by atoms with van der Waals surface area (Å²) in [6, 6.07) is 1.75. The summed E-state index contributed by atoms with van der Waals surface area (Å²) >= 11 is 0. The van der Waals surface area contributed by atoms with Crippen LogP contribution in [0.2, 0.25) is 0 Å². The van der Waals surface area contributed by atoms with Crippen LogP contribution in [0.3, 0.4) is 0 Å². The van der Waals surface area contributed by atoms with Crippen LogP contribution in [0.4, 0.5) is 0 Å². The van der Waals surface area contributed by atoms with Gasteiger partial charge in [0.05, 0.1) is 11.3 Å². The Balaban J connectivity index is 3.53. The van der Waals surface area contributed by atoms with Crippen LogP contribution in [0.1, 0.15) is 35.6 Å². The second-order valence-electron chi connectivity index (χ2n) is 5.34. The van der Waals surface area contributed by atoms with Crippen LogP contribution in [0.5, 0.6) is 0 Å². The molecule has 0 aliphatic carbocycles. The zero-order chi connectivity index (χ0) is 16.4. The molecule has 0 aliphatic rings. The molecule has 0 unspecified atom stereocenters. The molecule has 6 heteroatoms. The van der Waals surface area contributed by atoms with E-state index in [1.54, 1.807) is 27.0 Å². The van der Waals surface area contributed by atoms with Gasteiger partial charge in [-0.2, -0.15) is 0 Å². The highest BCUT2D eigenvalue weighted by atomic mass is 32.2. The number of hydrogen-bond donors (Lipinski definition) is 1. The van der Waals surface area contributed by atoms with Crippen molar-refractivity contribution in [1.82, 2.24) is 4.31 Å². The maximum Gasteiger partial charge on any atom is 0.307 e. The third-order valence-corrected chi connectivity index (χ3v) is 5.74. The van der Waals surface area contributed by atoms with Gasteiger partial charge in [0.15, 0.2) is 0 Å². The number of benzene rings is 1. The molecule has 1 aromatic carbocycles. The minimum absolute atomic E-state index is 0.169. The second-order valence-corrected chi connectivity index (χ2v) is 7.32. The Bertz CT molecular complexity index is 650. The predicted molar refractivity (Wildman–Crippen MR) is 82.1 cm³/mol. The molecule has 0 saturated carbocycles. The summed E-state index contributed by atoms with van der Waals surface area (Å²) in [5.41, 5.74) is 2.58. The summed E-state index contributed by atoms with van der Waals surface area (Å²) < 4.78 is 26.7. The molecule has 0 atom stereocenters. The molecule has 0 aliphatic heterocycles. The first-order valence-corrected chi connectivity index (χ1v) is 8.34. The van der Waals surface area contributed by atoms with Crippen LogP contribution in [-0.2, 0) is 21.2 Å². The number of carboxylic acid groups (broad SMARTS) is 1. The van der Waals surface area contributed by atoms with Crippen LogP contribution in [0, 0.1) is 20.8 Å². The summed E-state index contributed by atoms with van der Waals surface area (Å²) in [6.07, 6.45) is 0.555. The largest absolute Gasteiger partial charge is 0.481 e. The van der Waals surface area contributed by atoms with E-state index in [0.29, 0.717) is 23.2 Å². The van der Waals surface area contributed by atoms with E-state index in [1.807, 2.05) is 13.8 Å². The van der Waals surface area contributed by atoms with Gasteiger partial charge in [-0.25, -0.2) is 12.7 Å². The van der Waals surface area contributed by atoms with Crippen molar-refractivity contribution in [3.63, 3.8) is 0 Å². The fourth-order valence-corrected chi connectivity index (χ4v) is 4.33. The number of nitrogens with zero attached hydrogens (tertiary/aromatic N) is 1. The Labute approximate surface area is 126 Å². The van der Waals surface area contributed by atoms with Gasteiger partial charge in [-0.05, 0) is 49.4 Å². The zero-order valence-corrected chi connectivity index (χ0v) is 14.0. The molecule has 0 fully saturated rings. The first-order chi connectivity index (χ1) is 9.62. The van der Waals surface area contributed by atoms with E-state index in [0.717, 1.165) is 12.0 Å². The van der Waals surface area contributed by atoms with E-state index in [1.165, 1.54) is 4.31 Å². The molecule has 0 bridgehead atoms. The van der Waals surface area contributed by atoms with Crippen molar-refractivity contribution in [2.24, 2.45) is 0 Å². The van der Waals surface area contributed by atoms with Gasteiger partial charge in [0, 0.05) is 13.6 Å². The lowest BCUT2D eigenvalue weighted by Crippen LogP contribution is -2.29. The highest BCUT2D eigenvalue weighted by Crippen LogP contribution is 2.28. The second kappa shape index (κ2) is 6.58. The Morgan fingerprint density at radius 3 is 2.29 bits per heavy atom. The van der Waals surface area contributed by atoms with Gasteiger partial charge in [0.25, 0.3) is 0 Å².